The average molecular weight is 333 g/mol. The van der Waals surface area contributed by atoms with Gasteiger partial charge in [0, 0.05) is 7.11 Å². The predicted molar refractivity (Wildman–Crippen MR) is 72.8 cm³/mol. The van der Waals surface area contributed by atoms with Gasteiger partial charge in [0.25, 0.3) is 10.0 Å². The number of carboxylic acids is 2. The highest BCUT2D eigenvalue weighted by molar-refractivity contribution is 7.89. The number of hydrogen-bond donors (Lipinski definition) is 3. The molecule has 0 aliphatic carbocycles. The minimum absolute atomic E-state index is 0.0392. The van der Waals surface area contributed by atoms with E-state index in [4.69, 9.17) is 10.2 Å². The van der Waals surface area contributed by atoms with Crippen molar-refractivity contribution in [2.75, 3.05) is 13.7 Å². The lowest BCUT2D eigenvalue weighted by atomic mass is 10.1. The van der Waals surface area contributed by atoms with Gasteiger partial charge >= 0.3 is 11.9 Å². The molecule has 0 heterocycles. The molecular formula is C12H15NO8S. The van der Waals surface area contributed by atoms with Gasteiger partial charge < -0.3 is 14.9 Å². The number of hydrogen-bond acceptors (Lipinski definition) is 6. The molecule has 1 atom stereocenters. The quantitative estimate of drug-likeness (QED) is 0.565. The van der Waals surface area contributed by atoms with E-state index in [0.29, 0.717) is 0 Å². The van der Waals surface area contributed by atoms with Crippen LogP contribution in [-0.4, -0.2) is 50.4 Å². The van der Waals surface area contributed by atoms with Gasteiger partial charge in [-0.25, -0.2) is 18.0 Å². The van der Waals surface area contributed by atoms with Gasteiger partial charge in [0.05, 0.1) is 17.1 Å². The van der Waals surface area contributed by atoms with Crippen molar-refractivity contribution in [3.8, 4) is 0 Å². The molecule has 0 saturated carbocycles. The van der Waals surface area contributed by atoms with Crippen LogP contribution in [0.1, 0.15) is 15.9 Å². The summed E-state index contributed by atoms with van der Waals surface area (Å²) in [5.41, 5.74) is 0.199. The van der Waals surface area contributed by atoms with Crippen molar-refractivity contribution >= 4 is 22.0 Å². The lowest BCUT2D eigenvalue weighted by molar-refractivity contribution is -0.156. The van der Waals surface area contributed by atoms with Gasteiger partial charge in [0.1, 0.15) is 0 Å². The molecule has 3 N–H and O–H groups in total. The van der Waals surface area contributed by atoms with Crippen LogP contribution >= 0.6 is 0 Å². The topological polar surface area (TPSA) is 139 Å². The molecule has 1 rings (SSSR count). The van der Waals surface area contributed by atoms with Crippen LogP contribution < -0.4 is 4.89 Å². The zero-order valence-corrected chi connectivity index (χ0v) is 12.6. The van der Waals surface area contributed by atoms with E-state index in [0.717, 1.165) is 18.2 Å². The van der Waals surface area contributed by atoms with Gasteiger partial charge in [0.15, 0.2) is 6.10 Å². The van der Waals surface area contributed by atoms with E-state index in [2.05, 4.69) is 9.57 Å². The van der Waals surface area contributed by atoms with Crippen molar-refractivity contribution in [1.82, 2.24) is 4.89 Å². The number of ether oxygens (including phenoxy) is 1. The van der Waals surface area contributed by atoms with Crippen molar-refractivity contribution in [2.45, 2.75) is 17.9 Å². The molecule has 0 radical (unpaired) electrons. The average Bonchev–Trinajstić information content (AvgIpc) is 2.42. The third-order valence-corrected chi connectivity index (χ3v) is 3.82. The Morgan fingerprint density at radius 2 is 1.95 bits per heavy atom. The number of aromatic carboxylic acids is 1. The molecule has 9 nitrogen and oxygen atoms in total. The first-order chi connectivity index (χ1) is 10.2. The smallest absolute Gasteiger partial charge is 0.337 e. The molecule has 22 heavy (non-hydrogen) atoms. The van der Waals surface area contributed by atoms with Crippen LogP contribution in [0.3, 0.4) is 0 Å². The highest BCUT2D eigenvalue weighted by Gasteiger charge is 2.23. The van der Waals surface area contributed by atoms with Crippen LogP contribution in [0.5, 0.6) is 0 Å². The summed E-state index contributed by atoms with van der Waals surface area (Å²) in [6.45, 7) is 1.09. The van der Waals surface area contributed by atoms with Crippen molar-refractivity contribution in [2.24, 2.45) is 0 Å². The van der Waals surface area contributed by atoms with Gasteiger partial charge in [-0.15, -0.1) is 0 Å². The number of methoxy groups -OCH3 is 1. The summed E-state index contributed by atoms with van der Waals surface area (Å²) in [6, 6.07) is 3.35. The molecule has 0 bridgehead atoms. The van der Waals surface area contributed by atoms with E-state index in [1.807, 2.05) is 0 Å². The summed E-state index contributed by atoms with van der Waals surface area (Å²) >= 11 is 0. The molecule has 1 aromatic rings. The van der Waals surface area contributed by atoms with Crippen molar-refractivity contribution in [3.63, 3.8) is 0 Å². The van der Waals surface area contributed by atoms with Crippen molar-refractivity contribution < 1.29 is 37.8 Å². The van der Waals surface area contributed by atoms with Gasteiger partial charge in [0.2, 0.25) is 0 Å². The Labute approximate surface area is 126 Å². The second kappa shape index (κ2) is 7.31. The Kier molecular flexibility index (Phi) is 6.00. The summed E-state index contributed by atoms with van der Waals surface area (Å²) in [6.07, 6.45) is -1.51. The zero-order valence-electron chi connectivity index (χ0n) is 11.8. The molecule has 0 aromatic heterocycles. The first-order valence-electron chi connectivity index (χ1n) is 5.92. The van der Waals surface area contributed by atoms with Crippen LogP contribution in [0.25, 0.3) is 0 Å². The Bertz CT molecular complexity index is 670. The fourth-order valence-corrected chi connectivity index (χ4v) is 2.44. The second-order valence-electron chi connectivity index (χ2n) is 4.27. The molecule has 1 aromatic carbocycles. The summed E-state index contributed by atoms with van der Waals surface area (Å²) in [5, 5.41) is 17.7. The van der Waals surface area contributed by atoms with Gasteiger partial charge in [-0.05, 0) is 30.7 Å². The first kappa shape index (κ1) is 18.0. The minimum Gasteiger partial charge on any atom is -0.479 e. The molecule has 0 spiro atoms. The molecule has 122 valence electrons. The summed E-state index contributed by atoms with van der Waals surface area (Å²) in [4.78, 5) is 27.7. The van der Waals surface area contributed by atoms with E-state index < -0.39 is 28.1 Å². The molecule has 1 unspecified atom stereocenters. The standard InChI is InChI=1S/C12H15NO8S/c1-7-5-8(3-4-9(7)11(14)15)22(18,19)13-21-10(6-20-2)12(16)17/h3-5,10,13H,6H2,1-2H3,(H,14,15)(H,16,17). The summed E-state index contributed by atoms with van der Waals surface area (Å²) in [7, 11) is -2.92. The number of benzene rings is 1. The van der Waals surface area contributed by atoms with E-state index in [9.17, 15) is 18.0 Å². The number of carbonyl (C=O) groups is 2. The molecule has 0 aliphatic heterocycles. The Balaban J connectivity index is 2.93. The summed E-state index contributed by atoms with van der Waals surface area (Å²) < 4.78 is 28.6. The van der Waals surface area contributed by atoms with Gasteiger partial charge in [-0.2, -0.15) is 0 Å². The Hall–Kier alpha value is -2.01. The van der Waals surface area contributed by atoms with E-state index in [-0.39, 0.29) is 22.6 Å². The largest absolute Gasteiger partial charge is 0.479 e. The second-order valence-corrected chi connectivity index (χ2v) is 5.91. The third kappa shape index (κ3) is 4.49. The van der Waals surface area contributed by atoms with Crippen LogP contribution in [0.4, 0.5) is 0 Å². The number of aliphatic carboxylic acids is 1. The molecule has 0 fully saturated rings. The van der Waals surface area contributed by atoms with Crippen molar-refractivity contribution in [3.05, 3.63) is 29.3 Å². The molecule has 0 saturated heterocycles. The Morgan fingerprint density at radius 3 is 2.41 bits per heavy atom. The van der Waals surface area contributed by atoms with E-state index >= 15 is 0 Å². The Morgan fingerprint density at radius 1 is 1.32 bits per heavy atom. The fourth-order valence-electron chi connectivity index (χ4n) is 1.52. The van der Waals surface area contributed by atoms with Gasteiger partial charge in [-0.3, -0.25) is 4.84 Å². The van der Waals surface area contributed by atoms with Crippen LogP contribution in [-0.2, 0) is 24.4 Å². The molecule has 0 aliphatic rings. The maximum absolute atomic E-state index is 12.0. The van der Waals surface area contributed by atoms with Gasteiger partial charge in [-0.1, -0.05) is 4.89 Å². The van der Waals surface area contributed by atoms with E-state index in [1.54, 1.807) is 4.89 Å². The van der Waals surface area contributed by atoms with Crippen LogP contribution in [0.2, 0.25) is 0 Å². The zero-order chi connectivity index (χ0) is 16.9. The highest BCUT2D eigenvalue weighted by atomic mass is 32.2. The highest BCUT2D eigenvalue weighted by Crippen LogP contribution is 2.15. The maximum atomic E-state index is 12.0. The first-order valence-corrected chi connectivity index (χ1v) is 7.40. The summed E-state index contributed by atoms with van der Waals surface area (Å²) in [5.74, 6) is -2.58. The third-order valence-electron chi connectivity index (χ3n) is 2.63. The SMILES string of the molecule is COCC(ONS(=O)(=O)c1ccc(C(=O)O)c(C)c1)C(=O)O. The lowest BCUT2D eigenvalue weighted by Crippen LogP contribution is -2.37. The molecule has 10 heteroatoms. The fraction of sp³-hybridized carbons (Fsp3) is 0.333. The molecule has 0 amide bonds. The van der Waals surface area contributed by atoms with Crippen LogP contribution in [0.15, 0.2) is 23.1 Å². The number of sulfonamides is 1. The predicted octanol–water partition coefficient (Wildman–Crippen LogP) is 0.00272. The van der Waals surface area contributed by atoms with E-state index in [1.165, 1.54) is 14.0 Å². The molecular weight excluding hydrogens is 318 g/mol. The number of nitrogens with one attached hydrogen (secondary N) is 1. The normalized spacial score (nSPS) is 12.8. The monoisotopic (exact) mass is 333 g/mol. The minimum atomic E-state index is -4.16. The lowest BCUT2D eigenvalue weighted by Gasteiger charge is -2.13. The number of carboxylic acid groups (broad SMARTS) is 2. The van der Waals surface area contributed by atoms with Crippen LogP contribution in [0, 0.1) is 6.92 Å². The van der Waals surface area contributed by atoms with Crippen molar-refractivity contribution in [1.29, 1.82) is 0 Å². The maximum Gasteiger partial charge on any atom is 0.337 e. The number of rotatable bonds is 8. The number of aryl methyl sites for hydroxylation is 1.